The first-order valence-electron chi connectivity index (χ1n) is 5.39. The van der Waals surface area contributed by atoms with Crippen LogP contribution in [0.1, 0.15) is 19.8 Å². The Balaban J connectivity index is 1.99. The lowest BCUT2D eigenvalue weighted by molar-refractivity contribution is -0.121. The number of hydrogen-bond donors (Lipinski definition) is 1. The number of amides is 1. The summed E-state index contributed by atoms with van der Waals surface area (Å²) < 4.78 is 5.24. The topological polar surface area (TPSA) is 41.6 Å². The van der Waals surface area contributed by atoms with Gasteiger partial charge in [-0.25, -0.2) is 0 Å². The zero-order valence-corrected chi connectivity index (χ0v) is 8.92. The predicted octanol–water partition coefficient (Wildman–Crippen LogP) is 0.235. The van der Waals surface area contributed by atoms with Gasteiger partial charge in [0.1, 0.15) is 0 Å². The van der Waals surface area contributed by atoms with Gasteiger partial charge in [-0.15, -0.1) is 0 Å². The molecule has 0 saturated carbocycles. The Morgan fingerprint density at radius 1 is 1.43 bits per heavy atom. The number of carbonyl (C=O) groups is 1. The molecule has 1 amide bonds. The first kappa shape index (κ1) is 11.5. The molecule has 0 atom stereocenters. The van der Waals surface area contributed by atoms with Gasteiger partial charge in [0.25, 0.3) is 0 Å². The number of nitrogens with zero attached hydrogens (tertiary/aromatic N) is 1. The van der Waals surface area contributed by atoms with E-state index in [9.17, 15) is 4.79 Å². The molecule has 1 N–H and O–H groups in total. The first-order chi connectivity index (χ1) is 6.83. The Labute approximate surface area is 85.6 Å². The quantitative estimate of drug-likeness (QED) is 0.691. The Hall–Kier alpha value is -0.610. The summed E-state index contributed by atoms with van der Waals surface area (Å²) in [7, 11) is 0. The van der Waals surface area contributed by atoms with E-state index in [4.69, 9.17) is 4.74 Å². The Bertz CT molecular complexity index is 168. The van der Waals surface area contributed by atoms with Crippen molar-refractivity contribution in [3.63, 3.8) is 0 Å². The summed E-state index contributed by atoms with van der Waals surface area (Å²) in [4.78, 5) is 13.5. The molecule has 82 valence electrons. The third-order valence-electron chi connectivity index (χ3n) is 2.36. The molecule has 1 saturated heterocycles. The first-order valence-corrected chi connectivity index (χ1v) is 5.39. The molecule has 0 aromatic rings. The molecule has 4 heteroatoms. The maximum atomic E-state index is 11.1. The molecule has 1 rings (SSSR count). The zero-order valence-electron chi connectivity index (χ0n) is 8.92. The van der Waals surface area contributed by atoms with E-state index in [0.29, 0.717) is 6.42 Å². The molecule has 4 nitrogen and oxygen atoms in total. The van der Waals surface area contributed by atoms with Crippen LogP contribution in [0.25, 0.3) is 0 Å². The maximum absolute atomic E-state index is 11.1. The molecule has 1 aliphatic heterocycles. The van der Waals surface area contributed by atoms with Gasteiger partial charge in [-0.3, -0.25) is 9.69 Å². The molecule has 0 aromatic carbocycles. The summed E-state index contributed by atoms with van der Waals surface area (Å²) in [5.74, 6) is 0.167. The zero-order chi connectivity index (χ0) is 10.2. The molecular weight excluding hydrogens is 180 g/mol. The smallest absolute Gasteiger partial charge is 0.220 e. The summed E-state index contributed by atoms with van der Waals surface area (Å²) in [5.41, 5.74) is 0. The van der Waals surface area contributed by atoms with Gasteiger partial charge >= 0.3 is 0 Å². The standard InChI is InChI=1S/C10H20N2O2/c1-2-11-10(13)4-3-5-12-6-8-14-9-7-12/h2-9H2,1H3,(H,11,13). The van der Waals surface area contributed by atoms with E-state index in [1.54, 1.807) is 0 Å². The van der Waals surface area contributed by atoms with Gasteiger partial charge in [0, 0.05) is 26.1 Å². The van der Waals surface area contributed by atoms with Crippen LogP contribution in [0.15, 0.2) is 0 Å². The minimum absolute atomic E-state index is 0.167. The van der Waals surface area contributed by atoms with Gasteiger partial charge in [0.05, 0.1) is 13.2 Å². The Morgan fingerprint density at radius 3 is 2.79 bits per heavy atom. The summed E-state index contributed by atoms with van der Waals surface area (Å²) in [5, 5.41) is 2.80. The van der Waals surface area contributed by atoms with Crippen molar-refractivity contribution in [2.24, 2.45) is 0 Å². The van der Waals surface area contributed by atoms with E-state index in [1.807, 2.05) is 6.92 Å². The van der Waals surface area contributed by atoms with Crippen LogP contribution in [0.2, 0.25) is 0 Å². The molecule has 0 aliphatic carbocycles. The third kappa shape index (κ3) is 4.58. The number of carbonyl (C=O) groups excluding carboxylic acids is 1. The van der Waals surface area contributed by atoms with E-state index in [1.165, 1.54) is 0 Å². The van der Waals surface area contributed by atoms with E-state index in [-0.39, 0.29) is 5.91 Å². The van der Waals surface area contributed by atoms with Crippen LogP contribution in [0.4, 0.5) is 0 Å². The number of hydrogen-bond acceptors (Lipinski definition) is 3. The highest BCUT2D eigenvalue weighted by atomic mass is 16.5. The second-order valence-corrected chi connectivity index (χ2v) is 3.51. The number of ether oxygens (including phenoxy) is 1. The molecule has 14 heavy (non-hydrogen) atoms. The fraction of sp³-hybridized carbons (Fsp3) is 0.900. The summed E-state index contributed by atoms with van der Waals surface area (Å²) in [6, 6.07) is 0. The number of morpholine rings is 1. The summed E-state index contributed by atoms with van der Waals surface area (Å²) in [6.07, 6.45) is 1.59. The molecular formula is C10H20N2O2. The highest BCUT2D eigenvalue weighted by Crippen LogP contribution is 1.99. The fourth-order valence-electron chi connectivity index (χ4n) is 1.57. The second kappa shape index (κ2) is 6.79. The van der Waals surface area contributed by atoms with Crippen LogP contribution in [0.3, 0.4) is 0 Å². The van der Waals surface area contributed by atoms with Crippen LogP contribution in [-0.2, 0) is 9.53 Å². The molecule has 0 spiro atoms. The molecule has 1 aliphatic rings. The third-order valence-corrected chi connectivity index (χ3v) is 2.36. The van der Waals surface area contributed by atoms with Crippen LogP contribution in [0, 0.1) is 0 Å². The van der Waals surface area contributed by atoms with Gasteiger partial charge in [-0.05, 0) is 19.9 Å². The highest BCUT2D eigenvalue weighted by molar-refractivity contribution is 5.75. The average Bonchev–Trinajstić information content (AvgIpc) is 2.20. The molecule has 1 fully saturated rings. The second-order valence-electron chi connectivity index (χ2n) is 3.51. The van der Waals surface area contributed by atoms with Gasteiger partial charge in [0.15, 0.2) is 0 Å². The van der Waals surface area contributed by atoms with Crippen LogP contribution < -0.4 is 5.32 Å². The minimum Gasteiger partial charge on any atom is -0.379 e. The van der Waals surface area contributed by atoms with E-state index < -0.39 is 0 Å². The highest BCUT2D eigenvalue weighted by Gasteiger charge is 2.09. The Morgan fingerprint density at radius 2 is 2.14 bits per heavy atom. The number of nitrogens with one attached hydrogen (secondary N) is 1. The van der Waals surface area contributed by atoms with Crippen molar-refractivity contribution in [2.45, 2.75) is 19.8 Å². The van der Waals surface area contributed by atoms with E-state index in [2.05, 4.69) is 10.2 Å². The maximum Gasteiger partial charge on any atom is 0.220 e. The molecule has 0 unspecified atom stereocenters. The van der Waals surface area contributed by atoms with E-state index in [0.717, 1.165) is 45.8 Å². The lowest BCUT2D eigenvalue weighted by Crippen LogP contribution is -2.37. The van der Waals surface area contributed by atoms with Gasteiger partial charge in [0.2, 0.25) is 5.91 Å². The van der Waals surface area contributed by atoms with Crippen LogP contribution in [0.5, 0.6) is 0 Å². The van der Waals surface area contributed by atoms with Crippen LogP contribution >= 0.6 is 0 Å². The van der Waals surface area contributed by atoms with Crippen molar-refractivity contribution in [3.8, 4) is 0 Å². The van der Waals surface area contributed by atoms with Gasteiger partial charge < -0.3 is 10.1 Å². The molecule has 0 radical (unpaired) electrons. The van der Waals surface area contributed by atoms with Crippen molar-refractivity contribution in [3.05, 3.63) is 0 Å². The van der Waals surface area contributed by atoms with Crippen molar-refractivity contribution >= 4 is 5.91 Å². The Kier molecular flexibility index (Phi) is 5.56. The minimum atomic E-state index is 0.167. The van der Waals surface area contributed by atoms with Crippen molar-refractivity contribution in [1.82, 2.24) is 10.2 Å². The predicted molar refractivity (Wildman–Crippen MR) is 55.2 cm³/mol. The lowest BCUT2D eigenvalue weighted by atomic mass is 10.2. The largest absolute Gasteiger partial charge is 0.379 e. The summed E-state index contributed by atoms with van der Waals surface area (Å²) >= 11 is 0. The molecule has 1 heterocycles. The van der Waals surface area contributed by atoms with Crippen molar-refractivity contribution in [2.75, 3.05) is 39.4 Å². The molecule has 0 aromatic heterocycles. The SMILES string of the molecule is CCNC(=O)CCCN1CCOCC1. The van der Waals surface area contributed by atoms with E-state index >= 15 is 0 Å². The normalized spacial score (nSPS) is 18.1. The van der Waals surface area contributed by atoms with Crippen molar-refractivity contribution in [1.29, 1.82) is 0 Å². The van der Waals surface area contributed by atoms with Gasteiger partial charge in [-0.2, -0.15) is 0 Å². The van der Waals surface area contributed by atoms with Crippen molar-refractivity contribution < 1.29 is 9.53 Å². The number of rotatable bonds is 5. The van der Waals surface area contributed by atoms with Crippen LogP contribution in [-0.4, -0.2) is 50.2 Å². The van der Waals surface area contributed by atoms with Gasteiger partial charge in [-0.1, -0.05) is 0 Å². The fourth-order valence-corrected chi connectivity index (χ4v) is 1.57. The molecule has 0 bridgehead atoms. The lowest BCUT2D eigenvalue weighted by Gasteiger charge is -2.26. The monoisotopic (exact) mass is 200 g/mol. The average molecular weight is 200 g/mol. The summed E-state index contributed by atoms with van der Waals surface area (Å²) in [6.45, 7) is 7.38.